The zero-order valence-electron chi connectivity index (χ0n) is 16.3. The number of hydrogen-bond donors (Lipinski definition) is 6. The lowest BCUT2D eigenvalue weighted by atomic mass is 9.99. The van der Waals surface area contributed by atoms with Crippen molar-refractivity contribution >= 4 is 12.2 Å². The van der Waals surface area contributed by atoms with E-state index in [4.69, 9.17) is 18.6 Å². The van der Waals surface area contributed by atoms with Gasteiger partial charge in [0.2, 0.25) is 12.0 Å². The van der Waals surface area contributed by atoms with Gasteiger partial charge in [0, 0.05) is 6.07 Å². The molecule has 1 aliphatic heterocycles. The largest absolute Gasteiger partial charge is 0.504 e. The molecule has 6 N–H and O–H groups in total. The fourth-order valence-corrected chi connectivity index (χ4v) is 2.95. The highest BCUT2D eigenvalue weighted by molar-refractivity contribution is 5.69. The van der Waals surface area contributed by atoms with Crippen LogP contribution in [0.2, 0.25) is 0 Å². The monoisotopic (exact) mass is 438 g/mol. The maximum Gasteiger partial charge on any atom is 0.383 e. The van der Waals surface area contributed by atoms with Gasteiger partial charge in [-0.3, -0.25) is 0 Å². The molecule has 1 fully saturated rings. The third kappa shape index (κ3) is 4.81. The van der Waals surface area contributed by atoms with Gasteiger partial charge in [0.1, 0.15) is 30.2 Å². The molecule has 0 radical (unpaired) electrons. The van der Waals surface area contributed by atoms with E-state index in [-0.39, 0.29) is 17.3 Å². The van der Waals surface area contributed by atoms with Gasteiger partial charge >= 0.3 is 5.63 Å². The summed E-state index contributed by atoms with van der Waals surface area (Å²) in [6.45, 7) is -0.684. The molecule has 168 valence electrons. The summed E-state index contributed by atoms with van der Waals surface area (Å²) in [5, 5.41) is 58.7. The van der Waals surface area contributed by atoms with E-state index in [1.54, 1.807) is 12.1 Å². The molecule has 0 aliphatic carbocycles. The summed E-state index contributed by atoms with van der Waals surface area (Å²) in [6.07, 6.45) is -5.12. The number of methoxy groups -OCH3 is 1. The molecule has 3 rings (SSSR count). The van der Waals surface area contributed by atoms with Crippen LogP contribution in [0.4, 0.5) is 0 Å². The van der Waals surface area contributed by atoms with Gasteiger partial charge in [-0.25, -0.2) is 4.79 Å². The molecule has 31 heavy (non-hydrogen) atoms. The molecule has 2 heterocycles. The predicted octanol–water partition coefficient (Wildman–Crippen LogP) is -0.591. The zero-order chi connectivity index (χ0) is 22.7. The second-order valence-corrected chi connectivity index (χ2v) is 6.73. The third-order valence-corrected chi connectivity index (χ3v) is 4.63. The summed E-state index contributed by atoms with van der Waals surface area (Å²) in [7, 11) is 1.41. The number of rotatable bonds is 6. The number of aliphatic hydroxyl groups is 4. The number of ether oxygens (including phenoxy) is 3. The van der Waals surface area contributed by atoms with E-state index < -0.39 is 54.4 Å². The predicted molar refractivity (Wildman–Crippen MR) is 105 cm³/mol. The first-order valence-electron chi connectivity index (χ1n) is 9.14. The molecule has 11 nitrogen and oxygen atoms in total. The second-order valence-electron chi connectivity index (χ2n) is 6.73. The molecule has 2 aromatic rings. The Morgan fingerprint density at radius 2 is 1.77 bits per heavy atom. The molecule has 1 saturated heterocycles. The number of phenols is 1. The van der Waals surface area contributed by atoms with Crippen molar-refractivity contribution in [2.45, 2.75) is 30.7 Å². The molecular weight excluding hydrogens is 416 g/mol. The Morgan fingerprint density at radius 1 is 1.03 bits per heavy atom. The van der Waals surface area contributed by atoms with E-state index in [0.29, 0.717) is 5.56 Å². The Morgan fingerprint density at radius 3 is 2.39 bits per heavy atom. The highest BCUT2D eigenvalue weighted by atomic mass is 16.7. The Balaban J connectivity index is 1.79. The summed E-state index contributed by atoms with van der Waals surface area (Å²) < 4.78 is 20.3. The zero-order valence-corrected chi connectivity index (χ0v) is 16.3. The van der Waals surface area contributed by atoms with Gasteiger partial charge in [0.25, 0.3) is 0 Å². The first-order chi connectivity index (χ1) is 14.7. The van der Waals surface area contributed by atoms with Crippen LogP contribution in [-0.4, -0.2) is 75.1 Å². The van der Waals surface area contributed by atoms with Gasteiger partial charge in [-0.15, -0.1) is 0 Å². The highest BCUT2D eigenvalue weighted by Crippen LogP contribution is 2.30. The average molecular weight is 438 g/mol. The van der Waals surface area contributed by atoms with E-state index in [1.165, 1.54) is 25.3 Å². The Labute approximate surface area is 175 Å². The number of phenolic OH excluding ortho intramolecular Hbond substituents is 1. The van der Waals surface area contributed by atoms with Crippen LogP contribution in [0.3, 0.4) is 0 Å². The molecule has 0 bridgehead atoms. The SMILES string of the molecule is COc1ccc(C=Cc2cc(O)c(O[C@@H]3O[C@H](CO)[C@@H](O)[C@H](O)[C@H]3O)c(=O)o2)cc1O. The van der Waals surface area contributed by atoms with Gasteiger partial charge in [0.15, 0.2) is 17.2 Å². The van der Waals surface area contributed by atoms with Gasteiger partial charge in [-0.1, -0.05) is 12.1 Å². The van der Waals surface area contributed by atoms with Crippen molar-refractivity contribution in [1.82, 2.24) is 0 Å². The highest BCUT2D eigenvalue weighted by Gasteiger charge is 2.45. The van der Waals surface area contributed by atoms with E-state index in [0.717, 1.165) is 6.07 Å². The fourth-order valence-electron chi connectivity index (χ4n) is 2.95. The minimum Gasteiger partial charge on any atom is -0.504 e. The molecule has 1 aromatic heterocycles. The van der Waals surface area contributed by atoms with E-state index in [2.05, 4.69) is 0 Å². The molecule has 0 amide bonds. The van der Waals surface area contributed by atoms with Crippen LogP contribution in [0.25, 0.3) is 12.2 Å². The van der Waals surface area contributed by atoms with Crippen LogP contribution in [0, 0.1) is 0 Å². The van der Waals surface area contributed by atoms with Crippen LogP contribution < -0.4 is 15.1 Å². The molecule has 5 atom stereocenters. The van der Waals surface area contributed by atoms with Crippen LogP contribution >= 0.6 is 0 Å². The molecule has 11 heteroatoms. The maximum absolute atomic E-state index is 12.2. The van der Waals surface area contributed by atoms with Crippen LogP contribution in [0.1, 0.15) is 11.3 Å². The number of hydrogen-bond acceptors (Lipinski definition) is 11. The van der Waals surface area contributed by atoms with Gasteiger partial charge < -0.3 is 49.3 Å². The molecule has 1 aromatic carbocycles. The van der Waals surface area contributed by atoms with Crippen molar-refractivity contribution < 1.29 is 49.3 Å². The average Bonchev–Trinajstić information content (AvgIpc) is 2.74. The van der Waals surface area contributed by atoms with Gasteiger partial charge in [-0.2, -0.15) is 0 Å². The van der Waals surface area contributed by atoms with Crippen molar-refractivity contribution in [2.75, 3.05) is 13.7 Å². The Kier molecular flexibility index (Phi) is 6.83. The quantitative estimate of drug-likeness (QED) is 0.339. The molecular formula is C20H22O11. The van der Waals surface area contributed by atoms with E-state index in [1.807, 2.05) is 0 Å². The number of aromatic hydroxyl groups is 2. The van der Waals surface area contributed by atoms with Crippen molar-refractivity contribution in [3.05, 3.63) is 46.0 Å². The topological polar surface area (TPSA) is 179 Å². The Bertz CT molecular complexity index is 997. The number of aliphatic hydroxyl groups excluding tert-OH is 4. The van der Waals surface area contributed by atoms with E-state index >= 15 is 0 Å². The minimum atomic E-state index is -1.76. The summed E-state index contributed by atoms with van der Waals surface area (Å²) in [5.74, 6) is -1.17. The van der Waals surface area contributed by atoms with Crippen molar-refractivity contribution in [1.29, 1.82) is 0 Å². The Hall–Kier alpha value is -3.09. The summed E-state index contributed by atoms with van der Waals surface area (Å²) in [4.78, 5) is 12.2. The van der Waals surface area contributed by atoms with Crippen molar-refractivity contribution in [2.24, 2.45) is 0 Å². The fraction of sp³-hybridized carbons (Fsp3) is 0.350. The third-order valence-electron chi connectivity index (χ3n) is 4.63. The van der Waals surface area contributed by atoms with E-state index in [9.17, 15) is 35.4 Å². The molecule has 1 aliphatic rings. The normalized spacial score (nSPS) is 26.2. The first kappa shape index (κ1) is 22.6. The lowest BCUT2D eigenvalue weighted by Crippen LogP contribution is -2.60. The summed E-state index contributed by atoms with van der Waals surface area (Å²) >= 11 is 0. The molecule has 0 unspecified atom stereocenters. The smallest absolute Gasteiger partial charge is 0.383 e. The van der Waals surface area contributed by atoms with Crippen molar-refractivity contribution in [3.8, 4) is 23.0 Å². The van der Waals surface area contributed by atoms with Crippen LogP contribution in [0.5, 0.6) is 23.0 Å². The maximum atomic E-state index is 12.2. The number of benzene rings is 1. The second kappa shape index (κ2) is 9.37. The lowest BCUT2D eigenvalue weighted by Gasteiger charge is -2.39. The first-order valence-corrected chi connectivity index (χ1v) is 9.14. The van der Waals surface area contributed by atoms with Crippen molar-refractivity contribution in [3.63, 3.8) is 0 Å². The standard InChI is InChI=1S/C20H22O11/c1-28-13-5-3-9(6-11(13)22)2-4-10-7-12(23)18(19(27)29-10)31-20-17(26)16(25)15(24)14(8-21)30-20/h2-7,14-17,20-26H,8H2,1H3/t14-,15-,16+,17-,20+/m1/s1. The van der Waals surface area contributed by atoms with Crippen LogP contribution in [-0.2, 0) is 4.74 Å². The van der Waals surface area contributed by atoms with Crippen LogP contribution in [0.15, 0.2) is 33.5 Å². The molecule has 0 saturated carbocycles. The lowest BCUT2D eigenvalue weighted by molar-refractivity contribution is -0.278. The summed E-state index contributed by atoms with van der Waals surface area (Å²) in [6, 6.07) is 5.67. The summed E-state index contributed by atoms with van der Waals surface area (Å²) in [5.41, 5.74) is -0.545. The van der Waals surface area contributed by atoms with Gasteiger partial charge in [-0.05, 0) is 23.8 Å². The minimum absolute atomic E-state index is 0.0426. The van der Waals surface area contributed by atoms with Gasteiger partial charge in [0.05, 0.1) is 13.7 Å². The molecule has 0 spiro atoms.